The monoisotopic (exact) mass is 513 g/mol. The van der Waals surface area contributed by atoms with E-state index >= 15 is 0 Å². The Morgan fingerprint density at radius 1 is 1.00 bits per heavy atom. The van der Waals surface area contributed by atoms with E-state index in [1.807, 2.05) is 12.1 Å². The topological polar surface area (TPSA) is 107 Å². The molecular weight excluding hydrogens is 482 g/mol. The maximum absolute atomic E-state index is 13.8. The zero-order valence-electron chi connectivity index (χ0n) is 20.5. The highest BCUT2D eigenvalue weighted by atomic mass is 32.2. The molecule has 0 aliphatic carbocycles. The van der Waals surface area contributed by atoms with E-state index in [1.165, 1.54) is 23.5 Å². The third kappa shape index (κ3) is 7.11. The van der Waals surface area contributed by atoms with Crippen LogP contribution in [0.3, 0.4) is 0 Å². The molecule has 0 bridgehead atoms. The lowest BCUT2D eigenvalue weighted by Gasteiger charge is -2.33. The Morgan fingerprint density at radius 2 is 1.72 bits per heavy atom. The molecule has 1 amide bonds. The lowest BCUT2D eigenvalue weighted by atomic mass is 10.0. The molecule has 2 aromatic carbocycles. The largest absolute Gasteiger partial charge is 0.497 e. The molecule has 3 aromatic rings. The van der Waals surface area contributed by atoms with Crippen molar-refractivity contribution in [2.45, 2.75) is 31.0 Å². The van der Waals surface area contributed by atoms with E-state index in [0.717, 1.165) is 5.56 Å². The number of ether oxygens (including phenoxy) is 2. The SMILES string of the molecule is COCC(C)[C@H](C(=O)NOCc1ccc(OC)cc1)N(Cc1cccnc1)S(=O)(=O)c1ccccc1. The number of carbonyl (C=O) groups is 1. The fraction of sp³-hybridized carbons (Fsp3) is 0.308. The molecule has 10 heteroatoms. The molecule has 0 aliphatic rings. The van der Waals surface area contributed by atoms with Crippen molar-refractivity contribution >= 4 is 15.9 Å². The van der Waals surface area contributed by atoms with Crippen LogP contribution in [0.5, 0.6) is 5.75 Å². The van der Waals surface area contributed by atoms with E-state index in [0.29, 0.717) is 11.3 Å². The Kier molecular flexibility index (Phi) is 9.95. The summed E-state index contributed by atoms with van der Waals surface area (Å²) < 4.78 is 39.2. The number of amides is 1. The number of hydrogen-bond donors (Lipinski definition) is 1. The van der Waals surface area contributed by atoms with E-state index in [2.05, 4.69) is 10.5 Å². The van der Waals surface area contributed by atoms with Gasteiger partial charge in [0.05, 0.1) is 25.2 Å². The van der Waals surface area contributed by atoms with Crippen molar-refractivity contribution in [1.29, 1.82) is 0 Å². The van der Waals surface area contributed by atoms with Crippen LogP contribution in [0.15, 0.2) is 84.0 Å². The van der Waals surface area contributed by atoms with Crippen molar-refractivity contribution in [3.8, 4) is 5.75 Å². The van der Waals surface area contributed by atoms with Gasteiger partial charge in [-0.2, -0.15) is 4.31 Å². The van der Waals surface area contributed by atoms with Gasteiger partial charge in [-0.1, -0.05) is 43.3 Å². The summed E-state index contributed by atoms with van der Waals surface area (Å²) in [7, 11) is -0.992. The minimum Gasteiger partial charge on any atom is -0.497 e. The van der Waals surface area contributed by atoms with Gasteiger partial charge in [-0.3, -0.25) is 14.6 Å². The Bertz CT molecular complexity index is 1190. The first kappa shape index (κ1) is 27.3. The van der Waals surface area contributed by atoms with Crippen molar-refractivity contribution in [1.82, 2.24) is 14.8 Å². The molecule has 1 unspecified atom stereocenters. The van der Waals surface area contributed by atoms with Gasteiger partial charge in [0.25, 0.3) is 5.91 Å². The summed E-state index contributed by atoms with van der Waals surface area (Å²) in [6, 6.07) is 17.6. The number of hydrogen-bond acceptors (Lipinski definition) is 7. The quantitative estimate of drug-likeness (QED) is 0.350. The van der Waals surface area contributed by atoms with Crippen LogP contribution in [0.25, 0.3) is 0 Å². The number of hydroxylamine groups is 1. The highest BCUT2D eigenvalue weighted by Gasteiger charge is 2.39. The zero-order valence-corrected chi connectivity index (χ0v) is 21.4. The summed E-state index contributed by atoms with van der Waals surface area (Å²) in [5.41, 5.74) is 3.89. The average molecular weight is 514 g/mol. The number of aromatic nitrogens is 1. The number of nitrogens with one attached hydrogen (secondary N) is 1. The van der Waals surface area contributed by atoms with Crippen LogP contribution in [-0.2, 0) is 37.5 Å². The average Bonchev–Trinajstić information content (AvgIpc) is 2.90. The lowest BCUT2D eigenvalue weighted by Crippen LogP contribution is -2.53. The summed E-state index contributed by atoms with van der Waals surface area (Å²) in [5, 5.41) is 0. The molecule has 36 heavy (non-hydrogen) atoms. The number of rotatable bonds is 13. The highest BCUT2D eigenvalue weighted by Crippen LogP contribution is 2.25. The van der Waals surface area contributed by atoms with Gasteiger partial charge < -0.3 is 9.47 Å². The van der Waals surface area contributed by atoms with Crippen LogP contribution >= 0.6 is 0 Å². The maximum atomic E-state index is 13.8. The van der Waals surface area contributed by atoms with Crippen molar-refractivity contribution in [3.63, 3.8) is 0 Å². The molecule has 0 saturated carbocycles. The van der Waals surface area contributed by atoms with Gasteiger partial charge >= 0.3 is 0 Å². The third-order valence-corrected chi connectivity index (χ3v) is 7.37. The fourth-order valence-corrected chi connectivity index (χ4v) is 5.43. The van der Waals surface area contributed by atoms with E-state index in [1.54, 1.807) is 68.9 Å². The van der Waals surface area contributed by atoms with Crippen LogP contribution in [0.1, 0.15) is 18.1 Å². The van der Waals surface area contributed by atoms with Gasteiger partial charge in [0.1, 0.15) is 11.8 Å². The molecule has 0 fully saturated rings. The van der Waals surface area contributed by atoms with Gasteiger partial charge in [-0.25, -0.2) is 13.9 Å². The Hall–Kier alpha value is -3.31. The first-order valence-corrected chi connectivity index (χ1v) is 12.8. The minimum absolute atomic E-state index is 0.0598. The summed E-state index contributed by atoms with van der Waals surface area (Å²) in [5.74, 6) is -0.389. The molecular formula is C26H31N3O6S. The number of benzene rings is 2. The summed E-state index contributed by atoms with van der Waals surface area (Å²) in [4.78, 5) is 23.1. The lowest BCUT2D eigenvalue weighted by molar-refractivity contribution is -0.141. The third-order valence-electron chi connectivity index (χ3n) is 5.53. The van der Waals surface area contributed by atoms with Gasteiger partial charge in [0.15, 0.2) is 0 Å². The standard InChI is InChI=1S/C26H31N3O6S/c1-20(18-33-2)25(26(30)28-35-19-21-11-13-23(34-3)14-12-21)29(17-22-8-7-15-27-16-22)36(31,32)24-9-5-4-6-10-24/h4-16,20,25H,17-19H2,1-3H3,(H,28,30)/t20?,25-/m1/s1. The van der Waals surface area contributed by atoms with Crippen molar-refractivity contribution in [2.75, 3.05) is 20.8 Å². The first-order valence-electron chi connectivity index (χ1n) is 11.4. The second-order valence-electron chi connectivity index (χ2n) is 8.21. The molecule has 1 N–H and O–H groups in total. The van der Waals surface area contributed by atoms with Gasteiger partial charge in [-0.05, 0) is 41.5 Å². The van der Waals surface area contributed by atoms with Crippen molar-refractivity contribution < 1.29 is 27.5 Å². The van der Waals surface area contributed by atoms with E-state index in [9.17, 15) is 13.2 Å². The molecule has 0 saturated heterocycles. The number of methoxy groups -OCH3 is 2. The summed E-state index contributed by atoms with van der Waals surface area (Å²) in [6.07, 6.45) is 3.17. The fourth-order valence-electron chi connectivity index (χ4n) is 3.73. The Balaban J connectivity index is 1.89. The number of carbonyl (C=O) groups excluding carboxylic acids is 1. The summed E-state index contributed by atoms with van der Waals surface area (Å²) >= 11 is 0. The molecule has 0 radical (unpaired) electrons. The van der Waals surface area contributed by atoms with E-state index in [-0.39, 0.29) is 24.7 Å². The molecule has 9 nitrogen and oxygen atoms in total. The van der Waals surface area contributed by atoms with Crippen LogP contribution in [0.4, 0.5) is 0 Å². The van der Waals surface area contributed by atoms with Gasteiger partial charge in [-0.15, -0.1) is 0 Å². The minimum atomic E-state index is -4.07. The van der Waals surface area contributed by atoms with Gasteiger partial charge in [0, 0.05) is 32.0 Å². The number of sulfonamides is 1. The maximum Gasteiger partial charge on any atom is 0.262 e. The van der Waals surface area contributed by atoms with E-state index < -0.39 is 27.9 Å². The Morgan fingerprint density at radius 3 is 2.33 bits per heavy atom. The number of nitrogens with zero attached hydrogens (tertiary/aromatic N) is 2. The molecule has 1 aromatic heterocycles. The molecule has 2 atom stereocenters. The highest BCUT2D eigenvalue weighted by molar-refractivity contribution is 7.89. The second-order valence-corrected chi connectivity index (χ2v) is 10.1. The van der Waals surface area contributed by atoms with Crippen LogP contribution in [-0.4, -0.2) is 50.5 Å². The van der Waals surface area contributed by atoms with Crippen LogP contribution in [0.2, 0.25) is 0 Å². The molecule has 192 valence electrons. The zero-order chi connectivity index (χ0) is 26.0. The number of pyridine rings is 1. The smallest absolute Gasteiger partial charge is 0.262 e. The molecule has 0 spiro atoms. The predicted molar refractivity (Wildman–Crippen MR) is 134 cm³/mol. The van der Waals surface area contributed by atoms with E-state index in [4.69, 9.17) is 14.3 Å². The normalized spacial score (nSPS) is 13.2. The molecule has 0 aliphatic heterocycles. The Labute approximate surface area is 212 Å². The molecule has 1 heterocycles. The van der Waals surface area contributed by atoms with Crippen LogP contribution in [0, 0.1) is 5.92 Å². The summed E-state index contributed by atoms with van der Waals surface area (Å²) in [6.45, 7) is 1.95. The van der Waals surface area contributed by atoms with Crippen molar-refractivity contribution in [2.24, 2.45) is 5.92 Å². The van der Waals surface area contributed by atoms with Crippen LogP contribution < -0.4 is 10.2 Å². The predicted octanol–water partition coefficient (Wildman–Crippen LogP) is 3.18. The first-order chi connectivity index (χ1) is 17.4. The molecule has 3 rings (SSSR count). The second kappa shape index (κ2) is 13.1. The van der Waals surface area contributed by atoms with Crippen molar-refractivity contribution in [3.05, 3.63) is 90.3 Å². The van der Waals surface area contributed by atoms with Gasteiger partial charge in [0.2, 0.25) is 10.0 Å².